The summed E-state index contributed by atoms with van der Waals surface area (Å²) < 4.78 is 0. The fourth-order valence-corrected chi connectivity index (χ4v) is 1.78. The summed E-state index contributed by atoms with van der Waals surface area (Å²) in [4.78, 5) is 12.8. The van der Waals surface area contributed by atoms with Gasteiger partial charge in [-0.3, -0.25) is 4.79 Å². The van der Waals surface area contributed by atoms with E-state index in [4.69, 9.17) is 5.26 Å². The topological polar surface area (TPSA) is 56.1 Å². The third-order valence-electron chi connectivity index (χ3n) is 2.70. The lowest BCUT2D eigenvalue weighted by molar-refractivity contribution is -0.115. The second-order valence-corrected chi connectivity index (χ2v) is 3.99. The molecule has 1 aliphatic heterocycles. The zero-order valence-corrected chi connectivity index (χ0v) is 9.16. The molecule has 0 radical (unpaired) electrons. The molecule has 1 aromatic carbocycles. The van der Waals surface area contributed by atoms with Crippen LogP contribution < -0.4 is 5.32 Å². The minimum Gasteiger partial charge on any atom is -0.326 e. The predicted octanol–water partition coefficient (Wildman–Crippen LogP) is 1.14. The van der Waals surface area contributed by atoms with Gasteiger partial charge in [-0.25, -0.2) is 0 Å². The molecule has 16 heavy (non-hydrogen) atoms. The molecule has 1 N–H and O–H groups in total. The first-order valence-corrected chi connectivity index (χ1v) is 5.21. The van der Waals surface area contributed by atoms with Gasteiger partial charge in [-0.15, -0.1) is 0 Å². The molecule has 1 amide bonds. The summed E-state index contributed by atoms with van der Waals surface area (Å²) in [7, 11) is 1.76. The molecule has 0 aromatic heterocycles. The molecule has 0 bridgehead atoms. The highest BCUT2D eigenvalue weighted by Crippen LogP contribution is 2.23. The third kappa shape index (κ3) is 2.14. The van der Waals surface area contributed by atoms with Crippen LogP contribution in [0.4, 0.5) is 5.69 Å². The molecule has 1 aromatic rings. The van der Waals surface area contributed by atoms with E-state index in [0.717, 1.165) is 23.2 Å². The normalized spacial score (nSPS) is 12.9. The first-order valence-electron chi connectivity index (χ1n) is 5.21. The maximum Gasteiger partial charge on any atom is 0.228 e. The number of hydrogen-bond donors (Lipinski definition) is 1. The second kappa shape index (κ2) is 4.23. The van der Waals surface area contributed by atoms with E-state index in [1.54, 1.807) is 11.9 Å². The van der Waals surface area contributed by atoms with Gasteiger partial charge in [-0.05, 0) is 23.6 Å². The quantitative estimate of drug-likeness (QED) is 0.607. The molecule has 0 saturated heterocycles. The Labute approximate surface area is 94.5 Å². The summed E-state index contributed by atoms with van der Waals surface area (Å²) in [6.45, 7) is 0.705. The number of carbonyl (C=O) groups excluding carboxylic acids is 1. The van der Waals surface area contributed by atoms with E-state index >= 15 is 0 Å². The van der Waals surface area contributed by atoms with E-state index < -0.39 is 0 Å². The highest BCUT2D eigenvalue weighted by Gasteiger charge is 2.17. The number of fused-ring (bicyclic) bond motifs is 1. The molecule has 0 fully saturated rings. The van der Waals surface area contributed by atoms with Crippen LogP contribution in [0.25, 0.3) is 0 Å². The molecule has 1 heterocycles. The molecule has 0 saturated carbocycles. The molecule has 0 atom stereocenters. The minimum absolute atomic E-state index is 0.0568. The van der Waals surface area contributed by atoms with Crippen LogP contribution in [0.2, 0.25) is 0 Å². The molecule has 0 unspecified atom stereocenters. The fourth-order valence-electron chi connectivity index (χ4n) is 1.78. The zero-order chi connectivity index (χ0) is 11.5. The number of carbonyl (C=O) groups is 1. The van der Waals surface area contributed by atoms with Crippen LogP contribution in [0.5, 0.6) is 0 Å². The summed E-state index contributed by atoms with van der Waals surface area (Å²) in [5.41, 5.74) is 3.14. The number of nitrogens with zero attached hydrogens (tertiary/aromatic N) is 2. The number of benzene rings is 1. The van der Waals surface area contributed by atoms with Crippen LogP contribution in [0, 0.1) is 11.5 Å². The molecule has 4 heteroatoms. The molecule has 0 spiro atoms. The van der Waals surface area contributed by atoms with Gasteiger partial charge in [0.15, 0.2) is 6.19 Å². The average Bonchev–Trinajstić information content (AvgIpc) is 2.65. The van der Waals surface area contributed by atoms with Gasteiger partial charge in [0, 0.05) is 19.3 Å². The van der Waals surface area contributed by atoms with Gasteiger partial charge in [0.05, 0.1) is 6.42 Å². The Balaban J connectivity index is 2.06. The number of nitrogens with one attached hydrogen (secondary N) is 1. The minimum atomic E-state index is 0.0568. The van der Waals surface area contributed by atoms with Crippen molar-refractivity contribution in [2.24, 2.45) is 0 Å². The summed E-state index contributed by atoms with van der Waals surface area (Å²) in [5.74, 6) is 0.0568. The van der Waals surface area contributed by atoms with Crippen molar-refractivity contribution in [3.05, 3.63) is 29.3 Å². The summed E-state index contributed by atoms with van der Waals surface area (Å²) in [6.07, 6.45) is 3.36. The maximum absolute atomic E-state index is 11.2. The van der Waals surface area contributed by atoms with Gasteiger partial charge < -0.3 is 10.2 Å². The van der Waals surface area contributed by atoms with E-state index in [1.807, 2.05) is 18.2 Å². The Morgan fingerprint density at radius 3 is 3.12 bits per heavy atom. The van der Waals surface area contributed by atoms with E-state index in [2.05, 4.69) is 11.5 Å². The van der Waals surface area contributed by atoms with Crippen molar-refractivity contribution in [1.82, 2.24) is 4.90 Å². The Bertz CT molecular complexity index is 462. The predicted molar refractivity (Wildman–Crippen MR) is 60.7 cm³/mol. The lowest BCUT2D eigenvalue weighted by atomic mass is 10.1. The molecule has 82 valence electrons. The molecule has 2 rings (SSSR count). The number of anilines is 1. The van der Waals surface area contributed by atoms with Gasteiger partial charge in [0.25, 0.3) is 0 Å². The summed E-state index contributed by atoms with van der Waals surface area (Å²) in [6, 6.07) is 5.97. The Hall–Kier alpha value is -2.02. The number of rotatable bonds is 3. The zero-order valence-electron chi connectivity index (χ0n) is 9.16. The second-order valence-electron chi connectivity index (χ2n) is 3.99. The van der Waals surface area contributed by atoms with E-state index in [1.165, 1.54) is 0 Å². The van der Waals surface area contributed by atoms with Gasteiger partial charge in [0.1, 0.15) is 0 Å². The van der Waals surface area contributed by atoms with E-state index in [0.29, 0.717) is 13.0 Å². The molecule has 1 aliphatic rings. The third-order valence-corrected chi connectivity index (χ3v) is 2.70. The van der Waals surface area contributed by atoms with Crippen molar-refractivity contribution in [2.75, 3.05) is 18.9 Å². The van der Waals surface area contributed by atoms with Gasteiger partial charge in [0.2, 0.25) is 5.91 Å². The number of hydrogen-bond acceptors (Lipinski definition) is 3. The molecule has 4 nitrogen and oxygen atoms in total. The van der Waals surface area contributed by atoms with Crippen LogP contribution in [-0.2, 0) is 17.6 Å². The van der Waals surface area contributed by atoms with Crippen molar-refractivity contribution < 1.29 is 4.79 Å². The van der Waals surface area contributed by atoms with Crippen LogP contribution in [0.3, 0.4) is 0 Å². The Morgan fingerprint density at radius 1 is 1.56 bits per heavy atom. The van der Waals surface area contributed by atoms with Gasteiger partial charge >= 0.3 is 0 Å². The van der Waals surface area contributed by atoms with E-state index in [-0.39, 0.29) is 5.91 Å². The first kappa shape index (κ1) is 10.5. The molecular formula is C12H13N3O. The Morgan fingerprint density at radius 2 is 2.38 bits per heavy atom. The monoisotopic (exact) mass is 215 g/mol. The number of nitriles is 1. The summed E-state index contributed by atoms with van der Waals surface area (Å²) >= 11 is 0. The van der Waals surface area contributed by atoms with Gasteiger partial charge in [-0.2, -0.15) is 5.26 Å². The average molecular weight is 215 g/mol. The van der Waals surface area contributed by atoms with Crippen molar-refractivity contribution >= 4 is 11.6 Å². The highest BCUT2D eigenvalue weighted by molar-refractivity contribution is 5.99. The van der Waals surface area contributed by atoms with E-state index in [9.17, 15) is 4.79 Å². The lowest BCUT2D eigenvalue weighted by Gasteiger charge is -2.09. The summed E-state index contributed by atoms with van der Waals surface area (Å²) in [5, 5.41) is 11.4. The fraction of sp³-hybridized carbons (Fsp3) is 0.333. The standard InChI is InChI=1S/C12H13N3O/c1-15(8-13)5-4-9-2-3-11-10(6-9)7-12(16)14-11/h2-3,6H,4-5,7H2,1H3,(H,14,16). The van der Waals surface area contributed by atoms with Crippen LogP contribution in [0.1, 0.15) is 11.1 Å². The first-order chi connectivity index (χ1) is 7.69. The van der Waals surface area contributed by atoms with Gasteiger partial charge in [-0.1, -0.05) is 12.1 Å². The largest absolute Gasteiger partial charge is 0.326 e. The smallest absolute Gasteiger partial charge is 0.228 e. The van der Waals surface area contributed by atoms with Crippen molar-refractivity contribution in [3.8, 4) is 6.19 Å². The van der Waals surface area contributed by atoms with Crippen LogP contribution >= 0.6 is 0 Å². The SMILES string of the molecule is CN(C#N)CCc1ccc2c(c1)CC(=O)N2. The number of likely N-dealkylation sites (N-methyl/N-ethyl adjacent to an activating group) is 1. The lowest BCUT2D eigenvalue weighted by Crippen LogP contribution is -2.14. The Kier molecular flexibility index (Phi) is 2.78. The van der Waals surface area contributed by atoms with Crippen molar-refractivity contribution in [2.45, 2.75) is 12.8 Å². The maximum atomic E-state index is 11.2. The van der Waals surface area contributed by atoms with Crippen molar-refractivity contribution in [3.63, 3.8) is 0 Å². The number of amides is 1. The van der Waals surface area contributed by atoms with Crippen LogP contribution in [-0.4, -0.2) is 24.4 Å². The molecule has 0 aliphatic carbocycles. The molecular weight excluding hydrogens is 202 g/mol. The van der Waals surface area contributed by atoms with Crippen LogP contribution in [0.15, 0.2) is 18.2 Å². The highest BCUT2D eigenvalue weighted by atomic mass is 16.1. The van der Waals surface area contributed by atoms with Crippen molar-refractivity contribution in [1.29, 1.82) is 5.26 Å².